The van der Waals surface area contributed by atoms with Gasteiger partial charge in [-0.15, -0.1) is 11.3 Å². The molecule has 1 atom stereocenters. The number of benzene rings is 2. The summed E-state index contributed by atoms with van der Waals surface area (Å²) < 4.78 is 5.41. The molecular formula is C23H20ClN3O4S. The number of para-hydroxylation sites is 1. The van der Waals surface area contributed by atoms with Crippen LogP contribution in [0.4, 0.5) is 11.4 Å². The van der Waals surface area contributed by atoms with E-state index in [0.29, 0.717) is 33.4 Å². The molecule has 1 aromatic heterocycles. The maximum atomic E-state index is 12.2. The van der Waals surface area contributed by atoms with Crippen molar-refractivity contribution in [1.29, 1.82) is 0 Å². The standard InChI is InChI=1S/C23H20ClN3O4S/c1-30-23(29)17-4-2-3-5-18(17)26-15-8-6-14(7-9-15)19-12-16(31-27-19)13-25-22(28)20-10-11-21(24)32-20/h2-11,16,26H,12-13H2,1H3,(H,25,28). The molecule has 1 aliphatic rings. The molecule has 0 bridgehead atoms. The molecule has 1 unspecified atom stereocenters. The second-order valence-corrected chi connectivity index (χ2v) is 8.74. The van der Waals surface area contributed by atoms with Gasteiger partial charge in [-0.2, -0.15) is 0 Å². The molecule has 0 aliphatic carbocycles. The number of amides is 1. The van der Waals surface area contributed by atoms with Crippen molar-refractivity contribution in [2.45, 2.75) is 12.5 Å². The van der Waals surface area contributed by atoms with Crippen molar-refractivity contribution < 1.29 is 19.2 Å². The van der Waals surface area contributed by atoms with Crippen molar-refractivity contribution in [1.82, 2.24) is 5.32 Å². The maximum Gasteiger partial charge on any atom is 0.339 e. The average Bonchev–Trinajstić information content (AvgIpc) is 3.47. The van der Waals surface area contributed by atoms with Crippen LogP contribution in [0, 0.1) is 0 Å². The zero-order valence-corrected chi connectivity index (χ0v) is 18.7. The Labute approximate surface area is 194 Å². The first-order chi connectivity index (χ1) is 15.5. The summed E-state index contributed by atoms with van der Waals surface area (Å²) in [7, 11) is 1.36. The molecule has 7 nitrogen and oxygen atoms in total. The molecule has 2 aromatic carbocycles. The number of carbonyl (C=O) groups excluding carboxylic acids is 2. The number of hydrogen-bond donors (Lipinski definition) is 2. The van der Waals surface area contributed by atoms with Crippen molar-refractivity contribution in [2.24, 2.45) is 5.16 Å². The minimum absolute atomic E-state index is 0.179. The highest BCUT2D eigenvalue weighted by molar-refractivity contribution is 7.18. The van der Waals surface area contributed by atoms with Gasteiger partial charge in [0.25, 0.3) is 5.91 Å². The molecule has 4 rings (SSSR count). The van der Waals surface area contributed by atoms with Crippen LogP contribution in [0.3, 0.4) is 0 Å². The lowest BCUT2D eigenvalue weighted by molar-refractivity contribution is 0.0601. The first-order valence-corrected chi connectivity index (χ1v) is 11.0. The molecule has 1 amide bonds. The number of halogens is 1. The number of methoxy groups -OCH3 is 1. The van der Waals surface area contributed by atoms with E-state index >= 15 is 0 Å². The number of esters is 1. The number of ether oxygens (including phenoxy) is 1. The quantitative estimate of drug-likeness (QED) is 0.482. The highest BCUT2D eigenvalue weighted by Gasteiger charge is 2.23. The van der Waals surface area contributed by atoms with Gasteiger partial charge in [-0.1, -0.05) is 41.0 Å². The van der Waals surface area contributed by atoms with E-state index in [1.807, 2.05) is 36.4 Å². The van der Waals surface area contributed by atoms with Gasteiger partial charge < -0.3 is 20.2 Å². The minimum atomic E-state index is -0.400. The van der Waals surface area contributed by atoms with Crippen molar-refractivity contribution in [3.05, 3.63) is 81.0 Å². The molecule has 0 fully saturated rings. The Balaban J connectivity index is 1.33. The molecule has 164 valence electrons. The summed E-state index contributed by atoms with van der Waals surface area (Å²) in [5, 5.41) is 10.3. The molecule has 2 N–H and O–H groups in total. The van der Waals surface area contributed by atoms with Gasteiger partial charge in [0.05, 0.1) is 39.8 Å². The zero-order valence-electron chi connectivity index (χ0n) is 17.1. The van der Waals surface area contributed by atoms with Crippen LogP contribution < -0.4 is 10.6 Å². The van der Waals surface area contributed by atoms with Gasteiger partial charge in [0.1, 0.15) is 6.10 Å². The highest BCUT2D eigenvalue weighted by atomic mass is 35.5. The van der Waals surface area contributed by atoms with Crippen LogP contribution in [0.2, 0.25) is 4.34 Å². The Hall–Kier alpha value is -3.36. The van der Waals surface area contributed by atoms with E-state index in [9.17, 15) is 9.59 Å². The number of hydrogen-bond acceptors (Lipinski definition) is 7. The molecule has 32 heavy (non-hydrogen) atoms. The van der Waals surface area contributed by atoms with Gasteiger partial charge in [-0.05, 0) is 42.0 Å². The smallest absolute Gasteiger partial charge is 0.339 e. The maximum absolute atomic E-state index is 12.2. The number of thiophene rings is 1. The molecule has 1 aliphatic heterocycles. The van der Waals surface area contributed by atoms with Crippen molar-refractivity contribution in [3.63, 3.8) is 0 Å². The molecule has 0 saturated carbocycles. The van der Waals surface area contributed by atoms with Gasteiger partial charge in [0.15, 0.2) is 0 Å². The van der Waals surface area contributed by atoms with E-state index in [1.54, 1.807) is 24.3 Å². The first kappa shape index (κ1) is 21.9. The monoisotopic (exact) mass is 469 g/mol. The largest absolute Gasteiger partial charge is 0.465 e. The highest BCUT2D eigenvalue weighted by Crippen LogP contribution is 2.24. The third-order valence-electron chi connectivity index (χ3n) is 4.85. The zero-order chi connectivity index (χ0) is 22.5. The van der Waals surface area contributed by atoms with E-state index in [1.165, 1.54) is 18.4 Å². The van der Waals surface area contributed by atoms with Crippen LogP contribution in [-0.4, -0.2) is 37.3 Å². The third-order valence-corrected chi connectivity index (χ3v) is 6.08. The summed E-state index contributed by atoms with van der Waals surface area (Å²) >= 11 is 7.11. The molecule has 9 heteroatoms. The number of nitrogens with one attached hydrogen (secondary N) is 2. The van der Waals surface area contributed by atoms with Gasteiger partial charge in [-0.3, -0.25) is 4.79 Å². The summed E-state index contributed by atoms with van der Waals surface area (Å²) in [6.45, 7) is 0.352. The third kappa shape index (κ3) is 5.09. The van der Waals surface area contributed by atoms with E-state index in [0.717, 1.165) is 17.0 Å². The number of oxime groups is 1. The number of rotatable bonds is 7. The first-order valence-electron chi connectivity index (χ1n) is 9.84. The molecule has 2 heterocycles. The Morgan fingerprint density at radius 2 is 1.94 bits per heavy atom. The Kier molecular flexibility index (Phi) is 6.72. The van der Waals surface area contributed by atoms with Gasteiger partial charge >= 0.3 is 5.97 Å². The Bertz CT molecular complexity index is 1160. The lowest BCUT2D eigenvalue weighted by Gasteiger charge is -2.11. The fourth-order valence-electron chi connectivity index (χ4n) is 3.22. The fraction of sp³-hybridized carbons (Fsp3) is 0.174. The predicted molar refractivity (Wildman–Crippen MR) is 125 cm³/mol. The van der Waals surface area contributed by atoms with Gasteiger partial charge in [-0.25, -0.2) is 4.79 Å². The second kappa shape index (κ2) is 9.84. The summed E-state index contributed by atoms with van der Waals surface area (Å²) in [5.74, 6) is -0.580. The SMILES string of the molecule is COC(=O)c1ccccc1Nc1ccc(C2=NOC(CNC(=O)c3ccc(Cl)s3)C2)cc1. The van der Waals surface area contributed by atoms with Crippen LogP contribution in [-0.2, 0) is 9.57 Å². The van der Waals surface area contributed by atoms with Crippen molar-refractivity contribution >= 4 is 51.9 Å². The summed E-state index contributed by atoms with van der Waals surface area (Å²) in [4.78, 5) is 30.1. The lowest BCUT2D eigenvalue weighted by Crippen LogP contribution is -2.31. The number of carbonyl (C=O) groups is 2. The van der Waals surface area contributed by atoms with Crippen LogP contribution in [0.1, 0.15) is 32.0 Å². The summed E-state index contributed by atoms with van der Waals surface area (Å²) in [6.07, 6.45) is 0.359. The van der Waals surface area contributed by atoms with E-state index in [-0.39, 0.29) is 12.0 Å². The van der Waals surface area contributed by atoms with Gasteiger partial charge in [0.2, 0.25) is 0 Å². The lowest BCUT2D eigenvalue weighted by atomic mass is 10.0. The molecule has 0 saturated heterocycles. The molecule has 3 aromatic rings. The van der Waals surface area contributed by atoms with Crippen LogP contribution in [0.5, 0.6) is 0 Å². The van der Waals surface area contributed by atoms with E-state index in [4.69, 9.17) is 21.2 Å². The Morgan fingerprint density at radius 1 is 1.16 bits per heavy atom. The topological polar surface area (TPSA) is 89.0 Å². The van der Waals surface area contributed by atoms with Crippen LogP contribution in [0.15, 0.2) is 65.8 Å². The second-order valence-electron chi connectivity index (χ2n) is 7.02. The van der Waals surface area contributed by atoms with Crippen molar-refractivity contribution in [2.75, 3.05) is 19.0 Å². The van der Waals surface area contributed by atoms with E-state index < -0.39 is 5.97 Å². The van der Waals surface area contributed by atoms with E-state index in [2.05, 4.69) is 15.8 Å². The molecular weight excluding hydrogens is 450 g/mol. The van der Waals surface area contributed by atoms with Crippen LogP contribution in [0.25, 0.3) is 0 Å². The van der Waals surface area contributed by atoms with Crippen LogP contribution >= 0.6 is 22.9 Å². The average molecular weight is 470 g/mol. The number of nitrogens with zero attached hydrogens (tertiary/aromatic N) is 1. The predicted octanol–water partition coefficient (Wildman–Crippen LogP) is 4.85. The normalized spacial score (nSPS) is 14.9. The van der Waals surface area contributed by atoms with Crippen molar-refractivity contribution in [3.8, 4) is 0 Å². The summed E-state index contributed by atoms with van der Waals surface area (Å²) in [5.41, 5.74) is 3.68. The Morgan fingerprint density at radius 3 is 2.66 bits per heavy atom. The molecule has 0 radical (unpaired) electrons. The molecule has 0 spiro atoms. The van der Waals surface area contributed by atoms with Gasteiger partial charge in [0, 0.05) is 12.1 Å². The minimum Gasteiger partial charge on any atom is -0.465 e. The fourth-order valence-corrected chi connectivity index (χ4v) is 4.18. The number of anilines is 2. The summed E-state index contributed by atoms with van der Waals surface area (Å²) in [6, 6.07) is 18.2.